The van der Waals surface area contributed by atoms with E-state index >= 15 is 0 Å². The standard InChI is InChI=1S/C12H21NO3Si/c1-8(2)11-12(14)16-17(5,6)13(11)9(3)7-10(4)15-17/h7-8,11H,1-6H3/t11-/m0/s1. The third-order valence-corrected chi connectivity index (χ3v) is 7.14. The van der Waals surface area contributed by atoms with Crippen LogP contribution in [0.2, 0.25) is 13.1 Å². The maximum atomic E-state index is 12.1. The Labute approximate surface area is 103 Å². The van der Waals surface area contributed by atoms with Crippen LogP contribution in [0.3, 0.4) is 0 Å². The van der Waals surface area contributed by atoms with Crippen molar-refractivity contribution < 1.29 is 17.9 Å². The normalized spacial score (nSPS) is 32.2. The van der Waals surface area contributed by atoms with Gasteiger partial charge >= 0.3 is 102 Å². The summed E-state index contributed by atoms with van der Waals surface area (Å²) in [4.78, 5) is 12.1. The molecule has 0 unspecified atom stereocenters. The summed E-state index contributed by atoms with van der Waals surface area (Å²) in [6, 6.07) is -0.220. The van der Waals surface area contributed by atoms with E-state index in [0.29, 0.717) is 0 Å². The third-order valence-electron chi connectivity index (χ3n) is 3.47. The Morgan fingerprint density at radius 3 is 2.41 bits per heavy atom. The molecule has 0 bridgehead atoms. The summed E-state index contributed by atoms with van der Waals surface area (Å²) in [7, 11) is -3.29. The minimum absolute atomic E-state index is 0.152. The van der Waals surface area contributed by atoms with Gasteiger partial charge in [-0.1, -0.05) is 0 Å². The molecule has 5 heteroatoms. The quantitative estimate of drug-likeness (QED) is 0.674. The molecule has 0 aromatic heterocycles. The molecule has 0 spiro atoms. The van der Waals surface area contributed by atoms with Crippen molar-refractivity contribution in [2.75, 3.05) is 0 Å². The summed E-state index contributed by atoms with van der Waals surface area (Å²) in [6.45, 7) is 11.9. The van der Waals surface area contributed by atoms with Crippen LogP contribution in [0.15, 0.2) is 11.8 Å². The van der Waals surface area contributed by atoms with Crippen molar-refractivity contribution in [2.45, 2.75) is 46.8 Å². The molecule has 0 aromatic carbocycles. The van der Waals surface area contributed by atoms with Gasteiger partial charge in [0.15, 0.2) is 0 Å². The van der Waals surface area contributed by atoms with E-state index in [1.54, 1.807) is 0 Å². The minimum atomic E-state index is -3.29. The zero-order valence-electron chi connectivity index (χ0n) is 11.4. The molecule has 1 saturated heterocycles. The van der Waals surface area contributed by atoms with Crippen molar-refractivity contribution in [3.05, 3.63) is 11.8 Å². The van der Waals surface area contributed by atoms with Crippen LogP contribution in [0.5, 0.6) is 0 Å². The molecule has 1 atom stereocenters. The number of allylic oxidation sites excluding steroid dienone is 2. The van der Waals surface area contributed by atoms with Gasteiger partial charge in [0.05, 0.1) is 0 Å². The van der Waals surface area contributed by atoms with Crippen molar-refractivity contribution in [3.63, 3.8) is 0 Å². The van der Waals surface area contributed by atoms with E-state index in [-0.39, 0.29) is 17.9 Å². The van der Waals surface area contributed by atoms with E-state index in [1.807, 2.05) is 46.9 Å². The van der Waals surface area contributed by atoms with Gasteiger partial charge in [0.1, 0.15) is 0 Å². The van der Waals surface area contributed by atoms with Gasteiger partial charge in [-0.15, -0.1) is 0 Å². The van der Waals surface area contributed by atoms with E-state index in [1.165, 1.54) is 0 Å². The first-order chi connectivity index (χ1) is 7.64. The van der Waals surface area contributed by atoms with Crippen molar-refractivity contribution in [3.8, 4) is 0 Å². The maximum absolute atomic E-state index is 12.1. The van der Waals surface area contributed by atoms with E-state index in [9.17, 15) is 4.79 Å². The van der Waals surface area contributed by atoms with Gasteiger partial charge in [-0.05, 0) is 0 Å². The second-order valence-corrected chi connectivity index (χ2v) is 11.0. The number of carbonyl (C=O) groups is 1. The monoisotopic (exact) mass is 255 g/mol. The van der Waals surface area contributed by atoms with Crippen molar-refractivity contribution >= 4 is 19.7 Å². The molecule has 17 heavy (non-hydrogen) atoms. The molecule has 0 aromatic rings. The fraction of sp³-hybridized carbons (Fsp3) is 0.667. The van der Waals surface area contributed by atoms with Crippen LogP contribution in [-0.2, 0) is 13.6 Å². The van der Waals surface area contributed by atoms with E-state index in [4.69, 9.17) is 8.85 Å². The van der Waals surface area contributed by atoms with Crippen LogP contribution in [0, 0.1) is 5.92 Å². The van der Waals surface area contributed by atoms with Crippen molar-refractivity contribution in [1.29, 1.82) is 0 Å². The summed E-state index contributed by atoms with van der Waals surface area (Å²) >= 11 is 0. The summed E-state index contributed by atoms with van der Waals surface area (Å²) in [5.74, 6) is 0.887. The zero-order valence-corrected chi connectivity index (χ0v) is 12.4. The van der Waals surface area contributed by atoms with E-state index in [0.717, 1.165) is 11.5 Å². The van der Waals surface area contributed by atoms with Gasteiger partial charge in [0.25, 0.3) is 0 Å². The Hall–Kier alpha value is -1.10. The molecule has 0 amide bonds. The second-order valence-electron chi connectivity index (χ2n) is 6.01. The van der Waals surface area contributed by atoms with Crippen molar-refractivity contribution in [2.24, 2.45) is 5.92 Å². The number of fused-ring (bicyclic) bond motifs is 1. The predicted octanol–water partition coefficient (Wildman–Crippen LogP) is 2.13. The predicted molar refractivity (Wildman–Crippen MR) is 68.0 cm³/mol. The second kappa shape index (κ2) is 3.22. The molecule has 2 rings (SSSR count). The molecule has 96 valence electrons. The number of nitrogens with zero attached hydrogens (tertiary/aromatic N) is 1. The van der Waals surface area contributed by atoms with Gasteiger partial charge in [-0.25, -0.2) is 0 Å². The first-order valence-corrected chi connectivity index (χ1v) is 9.34. The number of rotatable bonds is 1. The van der Waals surface area contributed by atoms with E-state index < -0.39 is 8.00 Å². The van der Waals surface area contributed by atoms with Gasteiger partial charge < -0.3 is 0 Å². The number of hydrogen-bond donors (Lipinski definition) is 0. The molecule has 2 aliphatic heterocycles. The average molecular weight is 255 g/mol. The third kappa shape index (κ3) is 1.64. The van der Waals surface area contributed by atoms with Gasteiger partial charge in [0, 0.05) is 0 Å². The first-order valence-electron chi connectivity index (χ1n) is 6.08. The fourth-order valence-corrected chi connectivity index (χ4v) is 7.26. The zero-order chi connectivity index (χ0) is 13.0. The summed E-state index contributed by atoms with van der Waals surface area (Å²) in [5.41, 5.74) is 1.07. The number of carbonyl (C=O) groups excluding carboxylic acids is 1. The number of hydrogen-bond acceptors (Lipinski definition) is 3. The molecule has 0 saturated carbocycles. The van der Waals surface area contributed by atoms with Gasteiger partial charge in [-0.3, -0.25) is 0 Å². The Morgan fingerprint density at radius 1 is 1.29 bits per heavy atom. The average Bonchev–Trinajstić information content (AvgIpc) is 2.30. The summed E-state index contributed by atoms with van der Waals surface area (Å²) in [5, 5.41) is 0. The summed E-state index contributed by atoms with van der Waals surface area (Å²) < 4.78 is 13.8. The molecule has 0 radical (unpaired) electrons. The van der Waals surface area contributed by atoms with Gasteiger partial charge in [-0.2, -0.15) is 0 Å². The molecular formula is C12H21NO3Si. The van der Waals surface area contributed by atoms with E-state index in [2.05, 4.69) is 4.24 Å². The molecule has 2 aliphatic rings. The molecule has 0 N–H and O–H groups in total. The molecule has 4 nitrogen and oxygen atoms in total. The van der Waals surface area contributed by atoms with Crippen LogP contribution < -0.4 is 0 Å². The molecule has 1 fully saturated rings. The summed E-state index contributed by atoms with van der Waals surface area (Å²) in [6.07, 6.45) is 1.97. The van der Waals surface area contributed by atoms with Gasteiger partial charge in [0.2, 0.25) is 0 Å². The Morgan fingerprint density at radius 2 is 1.88 bits per heavy atom. The van der Waals surface area contributed by atoms with Crippen LogP contribution >= 0.6 is 0 Å². The topological polar surface area (TPSA) is 38.5 Å². The van der Waals surface area contributed by atoms with Crippen LogP contribution in [0.1, 0.15) is 27.7 Å². The fourth-order valence-electron chi connectivity index (χ4n) is 3.10. The van der Waals surface area contributed by atoms with Crippen LogP contribution in [-0.4, -0.2) is 30.0 Å². The first kappa shape index (κ1) is 12.4. The Kier molecular flexibility index (Phi) is 2.34. The van der Waals surface area contributed by atoms with Crippen LogP contribution in [0.25, 0.3) is 0 Å². The van der Waals surface area contributed by atoms with Crippen LogP contribution in [0.4, 0.5) is 0 Å². The molecule has 0 aliphatic carbocycles. The SMILES string of the molecule is CC1=CC(C)=[N+]2[C@@H](C(C)C)C(=O)O[Si-]2(C)(C)O1. The van der Waals surface area contributed by atoms with Crippen molar-refractivity contribution in [1.82, 2.24) is 0 Å². The Balaban J connectivity index is 2.66. The Bertz CT molecular complexity index is 462. The molecular weight excluding hydrogens is 234 g/mol. The molecule has 2 heterocycles.